The van der Waals surface area contributed by atoms with Crippen LogP contribution in [0.4, 0.5) is 11.5 Å². The summed E-state index contributed by atoms with van der Waals surface area (Å²) in [5, 5.41) is 4.01. The van der Waals surface area contributed by atoms with E-state index in [4.69, 9.17) is 15.2 Å². The number of morpholine rings is 1. The molecule has 3 N–H and O–H groups in total. The van der Waals surface area contributed by atoms with E-state index in [1.165, 1.54) is 16.9 Å². The maximum Gasteiger partial charge on any atom is 0.352 e. The van der Waals surface area contributed by atoms with Gasteiger partial charge in [0, 0.05) is 49.8 Å². The topological polar surface area (TPSA) is 103 Å². The van der Waals surface area contributed by atoms with Crippen molar-refractivity contribution in [2.45, 2.75) is 20.0 Å². The van der Waals surface area contributed by atoms with Gasteiger partial charge in [0.15, 0.2) is 10.7 Å². The minimum atomic E-state index is -0.387. The summed E-state index contributed by atoms with van der Waals surface area (Å²) in [4.78, 5) is 24.0. The van der Waals surface area contributed by atoms with E-state index in [0.717, 1.165) is 49.0 Å². The Morgan fingerprint density at radius 3 is 2.75 bits per heavy atom. The first-order valence-electron chi connectivity index (χ1n) is 10.6. The smallest absolute Gasteiger partial charge is 0.352 e. The molecule has 0 saturated carbocycles. The number of benzene rings is 1. The van der Waals surface area contributed by atoms with Gasteiger partial charge in [0.25, 0.3) is 0 Å². The number of nitrogens with two attached hydrogens (primary N) is 1. The largest absolute Gasteiger partial charge is 0.462 e. The van der Waals surface area contributed by atoms with Crippen molar-refractivity contribution in [3.63, 3.8) is 0 Å². The number of esters is 1. The van der Waals surface area contributed by atoms with Crippen LogP contribution in [-0.2, 0) is 22.6 Å². The third-order valence-electron chi connectivity index (χ3n) is 5.18. The van der Waals surface area contributed by atoms with E-state index in [-0.39, 0.29) is 5.97 Å². The van der Waals surface area contributed by atoms with E-state index in [1.807, 2.05) is 24.3 Å². The predicted molar refractivity (Wildman–Crippen MR) is 126 cm³/mol. The minimum Gasteiger partial charge on any atom is -0.462 e. The highest BCUT2D eigenvalue weighted by atomic mass is 32.1. The molecule has 4 rings (SSSR count). The monoisotopic (exact) mass is 453 g/mol. The lowest BCUT2D eigenvalue weighted by atomic mass is 10.1. The van der Waals surface area contributed by atoms with Gasteiger partial charge < -0.3 is 20.5 Å². The fourth-order valence-corrected chi connectivity index (χ4v) is 4.43. The number of pyridine rings is 1. The summed E-state index contributed by atoms with van der Waals surface area (Å²) in [5.74, 6) is 0.110. The summed E-state index contributed by atoms with van der Waals surface area (Å²) in [7, 11) is 0. The first kappa shape index (κ1) is 22.2. The first-order valence-corrected chi connectivity index (χ1v) is 11.4. The molecule has 0 bridgehead atoms. The van der Waals surface area contributed by atoms with Crippen molar-refractivity contribution in [1.82, 2.24) is 14.9 Å². The molecule has 3 heterocycles. The second kappa shape index (κ2) is 10.5. The van der Waals surface area contributed by atoms with Gasteiger partial charge in [0.2, 0.25) is 0 Å². The SMILES string of the molecule is CCOC(=O)c1sc(-c2ccncc2)nc1NCc1ccc(CN2CCOCC2)cc1N. The standard InChI is InChI=1S/C23H27N5O3S/c1-2-31-23(29)20-21(27-22(32-20)17-5-7-25-8-6-17)26-14-18-4-3-16(13-19(18)24)15-28-9-11-30-12-10-28/h3-8,13,26H,2,9-12,14-15,24H2,1H3. The Labute approximate surface area is 191 Å². The lowest BCUT2D eigenvalue weighted by Gasteiger charge is -2.26. The van der Waals surface area contributed by atoms with Gasteiger partial charge in [0.1, 0.15) is 5.01 Å². The predicted octanol–water partition coefficient (Wildman–Crippen LogP) is 3.41. The Bertz CT molecular complexity index is 1050. The van der Waals surface area contributed by atoms with E-state index in [9.17, 15) is 4.79 Å². The Kier molecular flexibility index (Phi) is 7.31. The van der Waals surface area contributed by atoms with Crippen LogP contribution in [0.3, 0.4) is 0 Å². The lowest BCUT2D eigenvalue weighted by Crippen LogP contribution is -2.35. The Balaban J connectivity index is 1.48. The highest BCUT2D eigenvalue weighted by Crippen LogP contribution is 2.32. The zero-order chi connectivity index (χ0) is 22.3. The first-order chi connectivity index (χ1) is 15.6. The molecule has 0 amide bonds. The van der Waals surface area contributed by atoms with Crippen LogP contribution in [-0.4, -0.2) is 53.7 Å². The molecular formula is C23H27N5O3S. The van der Waals surface area contributed by atoms with Crippen LogP contribution in [0.1, 0.15) is 27.7 Å². The number of rotatable bonds is 8. The highest BCUT2D eigenvalue weighted by molar-refractivity contribution is 7.17. The van der Waals surface area contributed by atoms with Gasteiger partial charge >= 0.3 is 5.97 Å². The number of carbonyl (C=O) groups is 1. The molecule has 0 radical (unpaired) electrons. The number of hydrogen-bond acceptors (Lipinski definition) is 9. The van der Waals surface area contributed by atoms with Gasteiger partial charge in [0.05, 0.1) is 19.8 Å². The molecule has 1 aliphatic rings. The number of nitrogen functional groups attached to an aromatic ring is 1. The van der Waals surface area contributed by atoms with E-state index in [2.05, 4.69) is 26.3 Å². The molecule has 1 aliphatic heterocycles. The van der Waals surface area contributed by atoms with Gasteiger partial charge in [-0.05, 0) is 36.2 Å². The van der Waals surface area contributed by atoms with Gasteiger partial charge in [-0.25, -0.2) is 9.78 Å². The summed E-state index contributed by atoms with van der Waals surface area (Å²) in [6, 6.07) is 9.87. The quantitative estimate of drug-likeness (QED) is 0.395. The second-order valence-electron chi connectivity index (χ2n) is 7.43. The number of carbonyl (C=O) groups excluding carboxylic acids is 1. The maximum atomic E-state index is 12.5. The van der Waals surface area contributed by atoms with Gasteiger partial charge in [-0.15, -0.1) is 11.3 Å². The van der Waals surface area contributed by atoms with E-state index < -0.39 is 0 Å². The molecule has 1 aromatic carbocycles. The van der Waals surface area contributed by atoms with Crippen molar-refractivity contribution >= 4 is 28.8 Å². The Morgan fingerprint density at radius 2 is 2.03 bits per heavy atom. The van der Waals surface area contributed by atoms with Crippen molar-refractivity contribution in [3.05, 3.63) is 58.7 Å². The van der Waals surface area contributed by atoms with Crippen LogP contribution in [0, 0.1) is 0 Å². The molecule has 9 heteroatoms. The molecule has 3 aromatic rings. The molecule has 168 valence electrons. The summed E-state index contributed by atoms with van der Waals surface area (Å²) >= 11 is 1.30. The molecule has 1 saturated heterocycles. The van der Waals surface area contributed by atoms with Crippen LogP contribution in [0.25, 0.3) is 10.6 Å². The molecule has 8 nitrogen and oxygen atoms in total. The van der Waals surface area contributed by atoms with Crippen molar-refractivity contribution in [1.29, 1.82) is 0 Å². The number of nitrogens with one attached hydrogen (secondary N) is 1. The summed E-state index contributed by atoms with van der Waals surface area (Å²) < 4.78 is 10.6. The van der Waals surface area contributed by atoms with Gasteiger partial charge in [-0.2, -0.15) is 0 Å². The van der Waals surface area contributed by atoms with Crippen LogP contribution < -0.4 is 11.1 Å². The van der Waals surface area contributed by atoms with Crippen molar-refractivity contribution in [3.8, 4) is 10.6 Å². The van der Waals surface area contributed by atoms with Crippen molar-refractivity contribution in [2.24, 2.45) is 0 Å². The lowest BCUT2D eigenvalue weighted by molar-refractivity contribution is 0.0342. The third kappa shape index (κ3) is 5.42. The number of nitrogens with zero attached hydrogens (tertiary/aromatic N) is 3. The average molecular weight is 454 g/mol. The third-order valence-corrected chi connectivity index (χ3v) is 6.27. The van der Waals surface area contributed by atoms with Gasteiger partial charge in [-0.3, -0.25) is 9.88 Å². The number of thiazole rings is 1. The number of aromatic nitrogens is 2. The van der Waals surface area contributed by atoms with Gasteiger partial charge in [-0.1, -0.05) is 12.1 Å². The Morgan fingerprint density at radius 1 is 1.25 bits per heavy atom. The number of anilines is 2. The molecule has 0 aliphatic carbocycles. The molecule has 32 heavy (non-hydrogen) atoms. The molecule has 2 aromatic heterocycles. The number of hydrogen-bond donors (Lipinski definition) is 2. The molecule has 0 unspecified atom stereocenters. The minimum absolute atomic E-state index is 0.304. The normalized spacial score (nSPS) is 14.3. The second-order valence-corrected chi connectivity index (χ2v) is 8.43. The van der Waals surface area contributed by atoms with E-state index in [1.54, 1.807) is 19.3 Å². The summed E-state index contributed by atoms with van der Waals surface area (Å²) in [5.41, 5.74) is 10.1. The van der Waals surface area contributed by atoms with Crippen molar-refractivity contribution < 1.29 is 14.3 Å². The van der Waals surface area contributed by atoms with Crippen LogP contribution in [0.15, 0.2) is 42.7 Å². The molecule has 0 spiro atoms. The zero-order valence-corrected chi connectivity index (χ0v) is 18.9. The maximum absolute atomic E-state index is 12.5. The molecule has 0 atom stereocenters. The van der Waals surface area contributed by atoms with E-state index in [0.29, 0.717) is 29.5 Å². The van der Waals surface area contributed by atoms with Crippen LogP contribution in [0.2, 0.25) is 0 Å². The fourth-order valence-electron chi connectivity index (χ4n) is 3.49. The van der Waals surface area contributed by atoms with Crippen molar-refractivity contribution in [2.75, 3.05) is 44.0 Å². The molecule has 1 fully saturated rings. The Hall–Kier alpha value is -3.01. The highest BCUT2D eigenvalue weighted by Gasteiger charge is 2.20. The molecular weight excluding hydrogens is 426 g/mol. The summed E-state index contributed by atoms with van der Waals surface area (Å²) in [6.07, 6.45) is 3.40. The van der Waals surface area contributed by atoms with E-state index >= 15 is 0 Å². The summed E-state index contributed by atoms with van der Waals surface area (Å²) in [6.45, 7) is 6.82. The average Bonchev–Trinajstić information content (AvgIpc) is 3.24. The zero-order valence-electron chi connectivity index (χ0n) is 18.0. The van der Waals surface area contributed by atoms with Crippen LogP contribution >= 0.6 is 11.3 Å². The fraction of sp³-hybridized carbons (Fsp3) is 0.348. The van der Waals surface area contributed by atoms with Crippen LogP contribution in [0.5, 0.6) is 0 Å². The number of ether oxygens (including phenoxy) is 2.